The number of benzene rings is 1. The van der Waals surface area contributed by atoms with Crippen molar-refractivity contribution in [1.82, 2.24) is 0 Å². The Hall–Kier alpha value is -1.16. The van der Waals surface area contributed by atoms with E-state index in [1.165, 1.54) is 0 Å². The van der Waals surface area contributed by atoms with E-state index in [0.29, 0.717) is 21.2 Å². The highest BCUT2D eigenvalue weighted by molar-refractivity contribution is 9.10. The van der Waals surface area contributed by atoms with Gasteiger partial charge in [-0.2, -0.15) is 0 Å². The zero-order chi connectivity index (χ0) is 10.3. The van der Waals surface area contributed by atoms with Gasteiger partial charge >= 0.3 is 0 Å². The minimum atomic E-state index is 0.178. The van der Waals surface area contributed by atoms with Crippen molar-refractivity contribution in [2.45, 2.75) is 6.92 Å². The first-order valence-corrected chi connectivity index (χ1v) is 4.88. The van der Waals surface area contributed by atoms with Crippen LogP contribution in [0.1, 0.15) is 5.76 Å². The van der Waals surface area contributed by atoms with Crippen molar-refractivity contribution in [3.05, 3.63) is 22.4 Å². The highest BCUT2D eigenvalue weighted by Gasteiger charge is 2.14. The average molecular weight is 257 g/mol. The van der Waals surface area contributed by atoms with Crippen molar-refractivity contribution in [2.24, 2.45) is 0 Å². The molecule has 0 bridgehead atoms. The zero-order valence-corrected chi connectivity index (χ0v) is 9.38. The van der Waals surface area contributed by atoms with Crippen LogP contribution in [0.2, 0.25) is 0 Å². The third-order valence-electron chi connectivity index (χ3n) is 2.04. The number of fused-ring (bicyclic) bond motifs is 1. The molecule has 0 amide bonds. The van der Waals surface area contributed by atoms with Crippen LogP contribution >= 0.6 is 15.9 Å². The Bertz CT molecular complexity index is 488. The second-order valence-electron chi connectivity index (χ2n) is 3.01. The van der Waals surface area contributed by atoms with E-state index >= 15 is 0 Å². The maximum Gasteiger partial charge on any atom is 0.179 e. The normalized spacial score (nSPS) is 10.8. The number of methoxy groups -OCH3 is 1. The molecule has 4 heteroatoms. The molecule has 0 aliphatic rings. The molecule has 1 heterocycles. The molecule has 2 rings (SSSR count). The number of aromatic hydroxyl groups is 1. The van der Waals surface area contributed by atoms with Crippen LogP contribution in [0.25, 0.3) is 11.0 Å². The van der Waals surface area contributed by atoms with Gasteiger partial charge in [-0.05, 0) is 28.9 Å². The summed E-state index contributed by atoms with van der Waals surface area (Å²) in [6.45, 7) is 1.83. The lowest BCUT2D eigenvalue weighted by Crippen LogP contribution is -1.83. The number of rotatable bonds is 1. The van der Waals surface area contributed by atoms with Crippen LogP contribution in [0, 0.1) is 6.92 Å². The summed E-state index contributed by atoms with van der Waals surface area (Å²) < 4.78 is 11.2. The lowest BCUT2D eigenvalue weighted by atomic mass is 10.2. The van der Waals surface area contributed by atoms with E-state index in [9.17, 15) is 5.11 Å². The van der Waals surface area contributed by atoms with Gasteiger partial charge in [-0.1, -0.05) is 0 Å². The molecule has 0 saturated heterocycles. The Morgan fingerprint density at radius 1 is 1.43 bits per heavy atom. The van der Waals surface area contributed by atoms with Gasteiger partial charge in [0.05, 0.1) is 17.0 Å². The molecule has 0 saturated carbocycles. The molecular formula is C10H9BrO3. The van der Waals surface area contributed by atoms with Gasteiger partial charge in [-0.15, -0.1) is 0 Å². The molecule has 2 aromatic rings. The van der Waals surface area contributed by atoms with Gasteiger partial charge < -0.3 is 14.3 Å². The Kier molecular flexibility index (Phi) is 2.15. The molecule has 1 aromatic carbocycles. The summed E-state index contributed by atoms with van der Waals surface area (Å²) >= 11 is 3.25. The molecule has 1 aromatic heterocycles. The Balaban J connectivity index is 2.88. The Morgan fingerprint density at radius 3 is 2.79 bits per heavy atom. The monoisotopic (exact) mass is 256 g/mol. The average Bonchev–Trinajstić information content (AvgIpc) is 2.54. The van der Waals surface area contributed by atoms with Gasteiger partial charge in [0.2, 0.25) is 0 Å². The Morgan fingerprint density at radius 2 is 2.14 bits per heavy atom. The lowest BCUT2D eigenvalue weighted by Gasteiger charge is -2.03. The molecule has 74 valence electrons. The maximum atomic E-state index is 9.73. The van der Waals surface area contributed by atoms with Crippen LogP contribution < -0.4 is 4.74 Å². The van der Waals surface area contributed by atoms with Gasteiger partial charge in [0.25, 0.3) is 0 Å². The summed E-state index contributed by atoms with van der Waals surface area (Å²) in [5.74, 6) is 1.53. The van der Waals surface area contributed by atoms with Crippen molar-refractivity contribution in [1.29, 1.82) is 0 Å². The van der Waals surface area contributed by atoms with Gasteiger partial charge in [0.1, 0.15) is 11.5 Å². The first kappa shape index (κ1) is 9.40. The predicted octanol–water partition coefficient (Wildman–Crippen LogP) is 3.22. The number of aryl methyl sites for hydroxylation is 1. The van der Waals surface area contributed by atoms with Crippen LogP contribution in [-0.4, -0.2) is 12.2 Å². The zero-order valence-electron chi connectivity index (χ0n) is 7.80. The van der Waals surface area contributed by atoms with Crippen molar-refractivity contribution in [2.75, 3.05) is 7.11 Å². The molecular weight excluding hydrogens is 248 g/mol. The van der Waals surface area contributed by atoms with E-state index < -0.39 is 0 Å². The summed E-state index contributed by atoms with van der Waals surface area (Å²) in [6, 6.07) is 3.46. The third-order valence-corrected chi connectivity index (χ3v) is 2.64. The molecule has 0 atom stereocenters. The maximum absolute atomic E-state index is 9.73. The van der Waals surface area contributed by atoms with Gasteiger partial charge in [-0.3, -0.25) is 0 Å². The predicted molar refractivity (Wildman–Crippen MR) is 56.9 cm³/mol. The highest BCUT2D eigenvalue weighted by Crippen LogP contribution is 2.40. The number of ether oxygens (including phenoxy) is 1. The second kappa shape index (κ2) is 3.20. The van der Waals surface area contributed by atoms with E-state index in [1.54, 1.807) is 19.2 Å². The molecule has 14 heavy (non-hydrogen) atoms. The van der Waals surface area contributed by atoms with E-state index in [0.717, 1.165) is 5.76 Å². The first-order valence-electron chi connectivity index (χ1n) is 4.09. The molecule has 0 fully saturated rings. The first-order chi connectivity index (χ1) is 6.63. The second-order valence-corrected chi connectivity index (χ2v) is 3.86. The largest absolute Gasteiger partial charge is 0.506 e. The highest BCUT2D eigenvalue weighted by atomic mass is 79.9. The van der Waals surface area contributed by atoms with Gasteiger partial charge in [0, 0.05) is 6.07 Å². The van der Waals surface area contributed by atoms with Gasteiger partial charge in [-0.25, -0.2) is 0 Å². The van der Waals surface area contributed by atoms with E-state index in [4.69, 9.17) is 9.15 Å². The van der Waals surface area contributed by atoms with Crippen LogP contribution in [-0.2, 0) is 0 Å². The molecule has 0 spiro atoms. The summed E-state index contributed by atoms with van der Waals surface area (Å²) in [7, 11) is 1.57. The summed E-state index contributed by atoms with van der Waals surface area (Å²) in [6.07, 6.45) is 0. The van der Waals surface area contributed by atoms with Crippen LogP contribution in [0.3, 0.4) is 0 Å². The molecule has 0 aliphatic carbocycles. The van der Waals surface area contributed by atoms with E-state index in [2.05, 4.69) is 15.9 Å². The fourth-order valence-corrected chi connectivity index (χ4v) is 1.82. The smallest absolute Gasteiger partial charge is 0.179 e. The van der Waals surface area contributed by atoms with Crippen molar-refractivity contribution in [3.8, 4) is 11.5 Å². The Labute approximate surface area is 89.4 Å². The number of hydrogen-bond acceptors (Lipinski definition) is 3. The molecule has 1 N–H and O–H groups in total. The van der Waals surface area contributed by atoms with Crippen molar-refractivity contribution in [3.63, 3.8) is 0 Å². The molecule has 0 aliphatic heterocycles. The fraction of sp³-hybridized carbons (Fsp3) is 0.200. The van der Waals surface area contributed by atoms with Crippen molar-refractivity contribution < 1.29 is 14.3 Å². The van der Waals surface area contributed by atoms with Crippen molar-refractivity contribution >= 4 is 26.9 Å². The van der Waals surface area contributed by atoms with E-state index in [1.807, 2.05) is 6.92 Å². The minimum absolute atomic E-state index is 0.178. The molecule has 0 unspecified atom stereocenters. The number of phenols is 1. The third kappa shape index (κ3) is 1.26. The number of phenolic OH excluding ortho intramolecular Hbond substituents is 1. The molecule has 0 radical (unpaired) electrons. The molecule has 3 nitrogen and oxygen atoms in total. The van der Waals surface area contributed by atoms with Crippen LogP contribution in [0.4, 0.5) is 0 Å². The van der Waals surface area contributed by atoms with E-state index in [-0.39, 0.29) is 5.75 Å². The van der Waals surface area contributed by atoms with Crippen LogP contribution in [0.5, 0.6) is 11.5 Å². The number of furan rings is 1. The summed E-state index contributed by atoms with van der Waals surface area (Å²) in [5, 5.41) is 10.4. The fourth-order valence-electron chi connectivity index (χ4n) is 1.40. The quantitative estimate of drug-likeness (QED) is 0.852. The summed E-state index contributed by atoms with van der Waals surface area (Å²) in [4.78, 5) is 0. The number of halogens is 1. The van der Waals surface area contributed by atoms with Gasteiger partial charge in [0.15, 0.2) is 11.3 Å². The SMILES string of the molecule is COc1cc(Br)c(O)c2cc(C)oc12. The van der Waals surface area contributed by atoms with Crippen LogP contribution in [0.15, 0.2) is 21.0 Å². The lowest BCUT2D eigenvalue weighted by molar-refractivity contribution is 0.406. The topological polar surface area (TPSA) is 42.6 Å². The minimum Gasteiger partial charge on any atom is -0.506 e. The number of hydrogen-bond donors (Lipinski definition) is 1. The standard InChI is InChI=1S/C10H9BrO3/c1-5-3-6-9(12)7(11)4-8(13-2)10(6)14-5/h3-4,12H,1-2H3. The summed E-state index contributed by atoms with van der Waals surface area (Å²) in [5.41, 5.74) is 0.575.